The van der Waals surface area contributed by atoms with Crippen molar-refractivity contribution in [3.8, 4) is 0 Å². The summed E-state index contributed by atoms with van der Waals surface area (Å²) in [6.45, 7) is 7.47. The van der Waals surface area contributed by atoms with Gasteiger partial charge in [0.2, 0.25) is 0 Å². The Labute approximate surface area is 118 Å². The fraction of sp³-hybridized carbons (Fsp3) is 0.643. The fourth-order valence-corrected chi connectivity index (χ4v) is 3.63. The summed E-state index contributed by atoms with van der Waals surface area (Å²) in [5.74, 6) is 1.10. The summed E-state index contributed by atoms with van der Waals surface area (Å²) in [6, 6.07) is 0. The summed E-state index contributed by atoms with van der Waals surface area (Å²) >= 11 is 1.68. The van der Waals surface area contributed by atoms with Crippen LogP contribution in [0.25, 0.3) is 4.96 Å². The molecule has 0 radical (unpaired) electrons. The highest BCUT2D eigenvalue weighted by molar-refractivity contribution is 7.15. The van der Waals surface area contributed by atoms with Crippen molar-refractivity contribution >= 4 is 22.1 Å². The van der Waals surface area contributed by atoms with Crippen molar-refractivity contribution in [2.75, 3.05) is 18.0 Å². The number of hydrogen-bond donors (Lipinski definition) is 1. The molecule has 3 rings (SSSR count). The first-order valence-corrected chi connectivity index (χ1v) is 7.88. The molecular weight excluding hydrogens is 256 g/mol. The van der Waals surface area contributed by atoms with Gasteiger partial charge in [0.25, 0.3) is 0 Å². The molecule has 2 aromatic rings. The average Bonchev–Trinajstić information content (AvgIpc) is 2.88. The second-order valence-electron chi connectivity index (χ2n) is 6.15. The Morgan fingerprint density at radius 1 is 1.37 bits per heavy atom. The molecule has 0 amide bonds. The van der Waals surface area contributed by atoms with Crippen LogP contribution >= 0.6 is 11.3 Å². The first-order chi connectivity index (χ1) is 9.11. The third-order valence-corrected chi connectivity index (χ3v) is 4.93. The van der Waals surface area contributed by atoms with Gasteiger partial charge in [0.05, 0.1) is 5.69 Å². The maximum atomic E-state index is 5.94. The van der Waals surface area contributed by atoms with Crippen LogP contribution in [-0.2, 0) is 6.54 Å². The van der Waals surface area contributed by atoms with Crippen LogP contribution in [0.5, 0.6) is 0 Å². The molecule has 5 heteroatoms. The van der Waals surface area contributed by atoms with E-state index >= 15 is 0 Å². The van der Waals surface area contributed by atoms with Gasteiger partial charge in [-0.25, -0.2) is 4.98 Å². The zero-order valence-corrected chi connectivity index (χ0v) is 12.5. The van der Waals surface area contributed by atoms with Crippen molar-refractivity contribution < 1.29 is 0 Å². The molecule has 0 atom stereocenters. The monoisotopic (exact) mass is 278 g/mol. The molecule has 2 N–H and O–H groups in total. The number of nitrogens with zero attached hydrogens (tertiary/aromatic N) is 3. The zero-order chi connectivity index (χ0) is 13.5. The number of thiazole rings is 1. The van der Waals surface area contributed by atoms with E-state index in [1.807, 2.05) is 0 Å². The molecule has 0 saturated carbocycles. The van der Waals surface area contributed by atoms with E-state index in [1.54, 1.807) is 11.3 Å². The van der Waals surface area contributed by atoms with E-state index in [4.69, 9.17) is 10.7 Å². The van der Waals surface area contributed by atoms with Crippen LogP contribution in [0.4, 0.5) is 5.82 Å². The van der Waals surface area contributed by atoms with E-state index in [0.29, 0.717) is 12.0 Å². The Bertz CT molecular complexity index is 569. The van der Waals surface area contributed by atoms with Gasteiger partial charge in [0, 0.05) is 31.2 Å². The Morgan fingerprint density at radius 2 is 2.21 bits per heavy atom. The van der Waals surface area contributed by atoms with Crippen LogP contribution < -0.4 is 10.6 Å². The average molecular weight is 278 g/mol. The van der Waals surface area contributed by atoms with Crippen molar-refractivity contribution in [3.63, 3.8) is 0 Å². The van der Waals surface area contributed by atoms with Crippen LogP contribution in [0.1, 0.15) is 38.8 Å². The number of nitrogens with two attached hydrogens (primary N) is 1. The molecule has 0 unspecified atom stereocenters. The lowest BCUT2D eigenvalue weighted by Crippen LogP contribution is -2.27. The smallest absolute Gasteiger partial charge is 0.195 e. The largest absolute Gasteiger partial charge is 0.355 e. The summed E-state index contributed by atoms with van der Waals surface area (Å²) < 4.78 is 2.13. The Balaban J connectivity index is 1.93. The fourth-order valence-electron chi connectivity index (χ4n) is 2.90. The Kier molecular flexibility index (Phi) is 3.27. The van der Waals surface area contributed by atoms with E-state index in [9.17, 15) is 0 Å². The van der Waals surface area contributed by atoms with Gasteiger partial charge >= 0.3 is 0 Å². The van der Waals surface area contributed by atoms with Gasteiger partial charge in [-0.3, -0.25) is 4.40 Å². The molecule has 3 heterocycles. The number of imidazole rings is 1. The van der Waals surface area contributed by atoms with Crippen molar-refractivity contribution in [3.05, 3.63) is 17.3 Å². The lowest BCUT2D eigenvalue weighted by molar-refractivity contribution is 0.325. The number of fused-ring (bicyclic) bond motifs is 1. The molecular formula is C14H22N4S. The van der Waals surface area contributed by atoms with E-state index in [-0.39, 0.29) is 0 Å². The number of aromatic nitrogens is 2. The van der Waals surface area contributed by atoms with Gasteiger partial charge in [0.15, 0.2) is 10.8 Å². The topological polar surface area (TPSA) is 46.6 Å². The molecule has 1 aliphatic rings. The molecule has 19 heavy (non-hydrogen) atoms. The summed E-state index contributed by atoms with van der Waals surface area (Å²) in [4.78, 5) is 8.27. The highest BCUT2D eigenvalue weighted by Gasteiger charge is 2.26. The van der Waals surface area contributed by atoms with Gasteiger partial charge in [-0.1, -0.05) is 13.8 Å². The molecule has 2 aromatic heterocycles. The van der Waals surface area contributed by atoms with E-state index in [0.717, 1.165) is 29.6 Å². The second-order valence-corrected chi connectivity index (χ2v) is 7.02. The third kappa shape index (κ3) is 2.37. The summed E-state index contributed by atoms with van der Waals surface area (Å²) in [5, 5.41) is 2.07. The molecule has 0 aliphatic carbocycles. The summed E-state index contributed by atoms with van der Waals surface area (Å²) in [6.07, 6.45) is 5.83. The van der Waals surface area contributed by atoms with E-state index in [2.05, 4.69) is 34.7 Å². The highest BCUT2D eigenvalue weighted by atomic mass is 32.1. The SMILES string of the molecule is CC1(C)CCCN(c2nc3sccn3c2CN)CC1. The maximum Gasteiger partial charge on any atom is 0.195 e. The molecule has 0 aromatic carbocycles. The summed E-state index contributed by atoms with van der Waals surface area (Å²) in [7, 11) is 0. The predicted octanol–water partition coefficient (Wildman–Crippen LogP) is 2.87. The van der Waals surface area contributed by atoms with Crippen molar-refractivity contribution in [2.24, 2.45) is 11.1 Å². The van der Waals surface area contributed by atoms with Crippen LogP contribution in [0.2, 0.25) is 0 Å². The number of anilines is 1. The second kappa shape index (κ2) is 4.80. The van der Waals surface area contributed by atoms with Crippen LogP contribution in [0.15, 0.2) is 11.6 Å². The third-order valence-electron chi connectivity index (χ3n) is 4.17. The molecule has 0 bridgehead atoms. The normalized spacial score (nSPS) is 19.8. The standard InChI is InChI=1S/C14H22N4S/c1-14(2)4-3-6-17(7-5-14)12-11(10-15)18-8-9-19-13(18)16-12/h8-9H,3-7,10,15H2,1-2H3. The first kappa shape index (κ1) is 12.9. The molecule has 104 valence electrons. The van der Waals surface area contributed by atoms with Gasteiger partial charge in [0.1, 0.15) is 0 Å². The minimum atomic E-state index is 0.453. The number of rotatable bonds is 2. The van der Waals surface area contributed by atoms with Gasteiger partial charge in [-0.05, 0) is 24.7 Å². The molecule has 1 saturated heterocycles. The first-order valence-electron chi connectivity index (χ1n) is 7.00. The minimum absolute atomic E-state index is 0.453. The molecule has 1 fully saturated rings. The van der Waals surface area contributed by atoms with Gasteiger partial charge in [-0.15, -0.1) is 11.3 Å². The highest BCUT2D eigenvalue weighted by Crippen LogP contribution is 2.33. The van der Waals surface area contributed by atoms with Crippen LogP contribution in [-0.4, -0.2) is 22.5 Å². The van der Waals surface area contributed by atoms with Gasteiger partial charge < -0.3 is 10.6 Å². The molecule has 1 aliphatic heterocycles. The van der Waals surface area contributed by atoms with Crippen LogP contribution in [0, 0.1) is 5.41 Å². The van der Waals surface area contributed by atoms with Crippen molar-refractivity contribution in [2.45, 2.75) is 39.7 Å². The maximum absolute atomic E-state index is 5.94. The predicted molar refractivity (Wildman–Crippen MR) is 80.8 cm³/mol. The quantitative estimate of drug-likeness (QED) is 0.919. The zero-order valence-electron chi connectivity index (χ0n) is 11.7. The van der Waals surface area contributed by atoms with E-state index < -0.39 is 0 Å². The minimum Gasteiger partial charge on any atom is -0.355 e. The molecule has 0 spiro atoms. The lowest BCUT2D eigenvalue weighted by atomic mass is 9.85. The van der Waals surface area contributed by atoms with Gasteiger partial charge in [-0.2, -0.15) is 0 Å². The van der Waals surface area contributed by atoms with E-state index in [1.165, 1.54) is 19.3 Å². The Hall–Kier alpha value is -1.07. The van der Waals surface area contributed by atoms with Crippen molar-refractivity contribution in [1.82, 2.24) is 9.38 Å². The number of hydrogen-bond acceptors (Lipinski definition) is 4. The molecule has 4 nitrogen and oxygen atoms in total. The lowest BCUT2D eigenvalue weighted by Gasteiger charge is -2.24. The summed E-state index contributed by atoms with van der Waals surface area (Å²) in [5.41, 5.74) is 7.54. The van der Waals surface area contributed by atoms with Crippen LogP contribution in [0.3, 0.4) is 0 Å². The Morgan fingerprint density at radius 3 is 3.00 bits per heavy atom. The van der Waals surface area contributed by atoms with Crippen molar-refractivity contribution in [1.29, 1.82) is 0 Å².